The van der Waals surface area contributed by atoms with Crippen LogP contribution in [-0.4, -0.2) is 47.4 Å². The Morgan fingerprint density at radius 1 is 0.482 bits per heavy atom. The molecule has 0 bridgehead atoms. The average Bonchev–Trinajstić information content (AvgIpc) is 3.20. The highest BCUT2D eigenvalue weighted by Gasteiger charge is 2.20. The number of carbonyl (C=O) groups is 2. The van der Waals surface area contributed by atoms with E-state index in [0.717, 1.165) is 57.8 Å². The molecular formula is C50H97NO5. The third kappa shape index (κ3) is 42.2. The number of esters is 1. The zero-order chi connectivity index (χ0) is 40.8. The van der Waals surface area contributed by atoms with E-state index in [4.69, 9.17) is 4.74 Å². The highest BCUT2D eigenvalue weighted by atomic mass is 16.5. The van der Waals surface area contributed by atoms with Gasteiger partial charge in [-0.2, -0.15) is 0 Å². The standard InChI is InChI=1S/C50H97NO5/c1-3-5-7-9-11-13-15-17-18-19-21-22-26-30-34-38-42-48(53)47(46-52)51-49(54)43-39-35-31-27-24-25-29-33-37-41-45-56-50(55)44-40-36-32-28-23-20-16-14-12-10-8-6-4-2/h14,16,47-48,52-53H,3-13,15,17-46H2,1-2H3,(H,51,54)/b16-14-. The highest BCUT2D eigenvalue weighted by Crippen LogP contribution is 2.16. The van der Waals surface area contributed by atoms with Gasteiger partial charge in [0, 0.05) is 12.8 Å². The van der Waals surface area contributed by atoms with Crippen LogP contribution in [0.4, 0.5) is 0 Å². The molecule has 0 saturated heterocycles. The van der Waals surface area contributed by atoms with Gasteiger partial charge < -0.3 is 20.3 Å². The lowest BCUT2D eigenvalue weighted by atomic mass is 10.0. The summed E-state index contributed by atoms with van der Waals surface area (Å²) in [5.41, 5.74) is 0. The van der Waals surface area contributed by atoms with Gasteiger partial charge in [-0.25, -0.2) is 0 Å². The number of hydrogen-bond donors (Lipinski definition) is 3. The molecule has 332 valence electrons. The Kier molecular flexibility index (Phi) is 45.1. The number of hydrogen-bond acceptors (Lipinski definition) is 5. The molecule has 0 spiro atoms. The molecule has 0 saturated carbocycles. The van der Waals surface area contributed by atoms with Crippen LogP contribution in [0.15, 0.2) is 12.2 Å². The average molecular weight is 792 g/mol. The van der Waals surface area contributed by atoms with Gasteiger partial charge in [0.2, 0.25) is 5.91 Å². The SMILES string of the molecule is CCCCCC/C=C\CCCCCCCC(=O)OCCCCCCCCCCCCC(=O)NC(CO)C(O)CCCCCCCCCCCCCCCCCC. The molecule has 3 N–H and O–H groups in total. The molecule has 6 heteroatoms. The minimum Gasteiger partial charge on any atom is -0.466 e. The number of amides is 1. The fourth-order valence-electron chi connectivity index (χ4n) is 7.69. The smallest absolute Gasteiger partial charge is 0.305 e. The van der Waals surface area contributed by atoms with Crippen molar-refractivity contribution in [1.29, 1.82) is 0 Å². The van der Waals surface area contributed by atoms with Crippen LogP contribution in [0.25, 0.3) is 0 Å². The first-order valence-corrected chi connectivity index (χ1v) is 24.9. The zero-order valence-corrected chi connectivity index (χ0v) is 37.6. The molecule has 56 heavy (non-hydrogen) atoms. The maximum atomic E-state index is 12.4. The van der Waals surface area contributed by atoms with Gasteiger partial charge in [0.1, 0.15) is 0 Å². The van der Waals surface area contributed by atoms with Crippen molar-refractivity contribution in [3.8, 4) is 0 Å². The van der Waals surface area contributed by atoms with E-state index < -0.39 is 12.1 Å². The number of unbranched alkanes of at least 4 members (excludes halogenated alkanes) is 33. The largest absolute Gasteiger partial charge is 0.466 e. The molecule has 0 rings (SSSR count). The molecule has 0 fully saturated rings. The summed E-state index contributed by atoms with van der Waals surface area (Å²) < 4.78 is 5.44. The van der Waals surface area contributed by atoms with E-state index in [1.165, 1.54) is 180 Å². The van der Waals surface area contributed by atoms with E-state index in [9.17, 15) is 19.8 Å². The summed E-state index contributed by atoms with van der Waals surface area (Å²) in [7, 11) is 0. The van der Waals surface area contributed by atoms with Crippen LogP contribution in [0, 0.1) is 0 Å². The summed E-state index contributed by atoms with van der Waals surface area (Å²) in [5, 5.41) is 23.2. The van der Waals surface area contributed by atoms with Crippen molar-refractivity contribution in [3.63, 3.8) is 0 Å². The van der Waals surface area contributed by atoms with Crippen LogP contribution in [0.2, 0.25) is 0 Å². The minimum absolute atomic E-state index is 0.0277. The molecule has 6 nitrogen and oxygen atoms in total. The van der Waals surface area contributed by atoms with Crippen molar-refractivity contribution in [1.82, 2.24) is 5.32 Å². The number of ether oxygens (including phenoxy) is 1. The molecule has 0 aliphatic carbocycles. The molecule has 2 unspecified atom stereocenters. The van der Waals surface area contributed by atoms with Crippen LogP contribution < -0.4 is 5.32 Å². The third-order valence-electron chi connectivity index (χ3n) is 11.6. The quantitative estimate of drug-likeness (QED) is 0.0324. The number of nitrogens with one attached hydrogen (secondary N) is 1. The van der Waals surface area contributed by atoms with Crippen LogP contribution in [0.3, 0.4) is 0 Å². The van der Waals surface area contributed by atoms with E-state index in [2.05, 4.69) is 31.3 Å². The van der Waals surface area contributed by atoms with E-state index in [1.807, 2.05) is 0 Å². The monoisotopic (exact) mass is 792 g/mol. The van der Waals surface area contributed by atoms with Crippen LogP contribution >= 0.6 is 0 Å². The predicted octanol–water partition coefficient (Wildman–Crippen LogP) is 14.6. The number of rotatable bonds is 46. The maximum absolute atomic E-state index is 12.4. The van der Waals surface area contributed by atoms with E-state index in [1.54, 1.807) is 0 Å². The van der Waals surface area contributed by atoms with Crippen molar-refractivity contribution in [2.24, 2.45) is 0 Å². The van der Waals surface area contributed by atoms with Crippen LogP contribution in [0.5, 0.6) is 0 Å². The molecule has 0 radical (unpaired) electrons. The molecule has 0 aromatic carbocycles. The fraction of sp³-hybridized carbons (Fsp3) is 0.920. The first-order chi connectivity index (χ1) is 27.5. The summed E-state index contributed by atoms with van der Waals surface area (Å²) in [6.45, 7) is 4.89. The topological polar surface area (TPSA) is 95.9 Å². The number of carbonyl (C=O) groups excluding carboxylic acids is 2. The van der Waals surface area contributed by atoms with Crippen molar-refractivity contribution in [3.05, 3.63) is 12.2 Å². The molecule has 0 aliphatic heterocycles. The molecule has 0 aliphatic rings. The number of allylic oxidation sites excluding steroid dienone is 2. The van der Waals surface area contributed by atoms with Gasteiger partial charge in [-0.3, -0.25) is 9.59 Å². The van der Waals surface area contributed by atoms with E-state index in [0.29, 0.717) is 25.9 Å². The van der Waals surface area contributed by atoms with Gasteiger partial charge in [0.25, 0.3) is 0 Å². The molecule has 0 aromatic heterocycles. The number of aliphatic hydroxyl groups is 2. The second kappa shape index (κ2) is 46.3. The lowest BCUT2D eigenvalue weighted by Gasteiger charge is -2.22. The van der Waals surface area contributed by atoms with E-state index >= 15 is 0 Å². The molecule has 1 amide bonds. The Morgan fingerprint density at radius 2 is 0.839 bits per heavy atom. The second-order valence-electron chi connectivity index (χ2n) is 17.1. The summed E-state index contributed by atoms with van der Waals surface area (Å²) >= 11 is 0. The summed E-state index contributed by atoms with van der Waals surface area (Å²) in [4.78, 5) is 24.4. The van der Waals surface area contributed by atoms with Gasteiger partial charge in [-0.15, -0.1) is 0 Å². The Bertz CT molecular complexity index is 832. The predicted molar refractivity (Wildman–Crippen MR) is 241 cm³/mol. The van der Waals surface area contributed by atoms with Crippen LogP contribution in [-0.2, 0) is 14.3 Å². The Morgan fingerprint density at radius 3 is 1.29 bits per heavy atom. The summed E-state index contributed by atoms with van der Waals surface area (Å²) in [5.74, 6) is -0.0848. The normalized spacial score (nSPS) is 12.7. The van der Waals surface area contributed by atoms with Crippen molar-refractivity contribution in [2.45, 2.75) is 283 Å². The van der Waals surface area contributed by atoms with Crippen molar-refractivity contribution < 1.29 is 24.5 Å². The maximum Gasteiger partial charge on any atom is 0.305 e. The van der Waals surface area contributed by atoms with Gasteiger partial charge >= 0.3 is 5.97 Å². The van der Waals surface area contributed by atoms with Crippen LogP contribution in [0.1, 0.15) is 271 Å². The fourth-order valence-corrected chi connectivity index (χ4v) is 7.69. The van der Waals surface area contributed by atoms with E-state index in [-0.39, 0.29) is 18.5 Å². The Hall–Kier alpha value is -1.40. The summed E-state index contributed by atoms with van der Waals surface area (Å²) in [6, 6.07) is -0.557. The molecular weight excluding hydrogens is 695 g/mol. The second-order valence-corrected chi connectivity index (χ2v) is 17.1. The first-order valence-electron chi connectivity index (χ1n) is 24.9. The Balaban J connectivity index is 3.49. The van der Waals surface area contributed by atoms with Gasteiger partial charge in [0.05, 0.1) is 25.4 Å². The molecule has 0 heterocycles. The van der Waals surface area contributed by atoms with Crippen molar-refractivity contribution >= 4 is 11.9 Å². The van der Waals surface area contributed by atoms with Gasteiger partial charge in [0.15, 0.2) is 0 Å². The highest BCUT2D eigenvalue weighted by molar-refractivity contribution is 5.76. The van der Waals surface area contributed by atoms with Gasteiger partial charge in [-0.05, 0) is 51.4 Å². The lowest BCUT2D eigenvalue weighted by Crippen LogP contribution is -2.45. The Labute approximate surface area is 349 Å². The van der Waals surface area contributed by atoms with Gasteiger partial charge in [-0.1, -0.05) is 219 Å². The lowest BCUT2D eigenvalue weighted by molar-refractivity contribution is -0.143. The third-order valence-corrected chi connectivity index (χ3v) is 11.6. The summed E-state index contributed by atoms with van der Waals surface area (Å²) in [6.07, 6.45) is 51.7. The first kappa shape index (κ1) is 54.6. The minimum atomic E-state index is -0.678. The molecule has 2 atom stereocenters. The zero-order valence-electron chi connectivity index (χ0n) is 37.6. The number of aliphatic hydroxyl groups excluding tert-OH is 2. The molecule has 0 aromatic rings. The van der Waals surface area contributed by atoms with Crippen molar-refractivity contribution in [2.75, 3.05) is 13.2 Å².